The third-order valence-electron chi connectivity index (χ3n) is 4.93. The molecule has 0 fully saturated rings. The number of amides is 1. The van der Waals surface area contributed by atoms with Gasteiger partial charge in [0.05, 0.1) is 4.90 Å². The average molecular weight is 423 g/mol. The summed E-state index contributed by atoms with van der Waals surface area (Å²) in [5, 5.41) is 0. The van der Waals surface area contributed by atoms with Gasteiger partial charge in [-0.05, 0) is 42.8 Å². The molecule has 0 unspecified atom stereocenters. The van der Waals surface area contributed by atoms with Crippen molar-refractivity contribution in [2.45, 2.75) is 24.9 Å². The Bertz CT molecular complexity index is 1160. The van der Waals surface area contributed by atoms with Gasteiger partial charge >= 0.3 is 0 Å². The number of fused-ring (bicyclic) bond motifs is 1. The molecule has 3 aromatic carbocycles. The molecule has 0 aromatic heterocycles. The number of hydrogen-bond donors (Lipinski definition) is 1. The van der Waals surface area contributed by atoms with Gasteiger partial charge in [0, 0.05) is 24.3 Å². The minimum Gasteiger partial charge on any atom is -0.483 e. The van der Waals surface area contributed by atoms with Crippen LogP contribution in [0.15, 0.2) is 77.7 Å². The van der Waals surface area contributed by atoms with Gasteiger partial charge in [-0.15, -0.1) is 0 Å². The number of ether oxygens (including phenoxy) is 1. The van der Waals surface area contributed by atoms with Crippen LogP contribution in [-0.4, -0.2) is 25.8 Å². The summed E-state index contributed by atoms with van der Waals surface area (Å²) in [5.41, 5.74) is 3.18. The SMILES string of the molecule is Cc1ccc(S(=O)(=O)Nc2ccc3c(c2)CN(Cc2ccccc2)C(=O)CO3)cc1. The summed E-state index contributed by atoms with van der Waals surface area (Å²) in [6.07, 6.45) is 0. The van der Waals surface area contributed by atoms with Crippen LogP contribution in [0.5, 0.6) is 5.75 Å². The van der Waals surface area contributed by atoms with Gasteiger partial charge in [-0.25, -0.2) is 8.42 Å². The lowest BCUT2D eigenvalue weighted by atomic mass is 10.1. The Hall–Kier alpha value is -3.32. The highest BCUT2D eigenvalue weighted by atomic mass is 32.2. The molecule has 1 amide bonds. The number of carbonyl (C=O) groups excluding carboxylic acids is 1. The van der Waals surface area contributed by atoms with Crippen molar-refractivity contribution in [1.82, 2.24) is 4.90 Å². The molecule has 1 heterocycles. The fourth-order valence-electron chi connectivity index (χ4n) is 3.31. The fraction of sp³-hybridized carbons (Fsp3) is 0.174. The first kappa shape index (κ1) is 20.0. The Kier molecular flexibility index (Phi) is 5.46. The standard InChI is InChI=1S/C23H22N2O4S/c1-17-7-10-21(11-8-17)30(27,28)24-20-9-12-22-19(13-20)15-25(23(26)16-29-22)14-18-5-3-2-4-6-18/h2-13,24H,14-16H2,1H3. The normalized spacial score (nSPS) is 13.9. The fourth-order valence-corrected chi connectivity index (χ4v) is 4.36. The maximum atomic E-state index is 12.7. The van der Waals surface area contributed by atoms with Crippen LogP contribution in [0, 0.1) is 6.92 Å². The van der Waals surface area contributed by atoms with Crippen molar-refractivity contribution in [2.75, 3.05) is 11.3 Å². The molecular formula is C23H22N2O4S. The molecule has 0 bridgehead atoms. The van der Waals surface area contributed by atoms with E-state index in [1.165, 1.54) is 0 Å². The van der Waals surface area contributed by atoms with E-state index in [-0.39, 0.29) is 17.4 Å². The van der Waals surface area contributed by atoms with Gasteiger partial charge in [-0.2, -0.15) is 0 Å². The van der Waals surface area contributed by atoms with Crippen LogP contribution >= 0.6 is 0 Å². The van der Waals surface area contributed by atoms with E-state index >= 15 is 0 Å². The molecule has 6 nitrogen and oxygen atoms in total. The summed E-state index contributed by atoms with van der Waals surface area (Å²) in [7, 11) is -3.71. The Labute approximate surface area is 176 Å². The number of nitrogens with one attached hydrogen (secondary N) is 1. The van der Waals surface area contributed by atoms with Gasteiger partial charge in [0.1, 0.15) is 5.75 Å². The molecule has 30 heavy (non-hydrogen) atoms. The summed E-state index contributed by atoms with van der Waals surface area (Å²) in [5.74, 6) is 0.467. The minimum absolute atomic E-state index is 0.0473. The second kappa shape index (κ2) is 8.20. The van der Waals surface area contributed by atoms with Crippen LogP contribution in [0.25, 0.3) is 0 Å². The summed E-state index contributed by atoms with van der Waals surface area (Å²) in [6, 6.07) is 21.4. The number of benzene rings is 3. The summed E-state index contributed by atoms with van der Waals surface area (Å²) in [4.78, 5) is 14.4. The number of anilines is 1. The van der Waals surface area contributed by atoms with Gasteiger partial charge < -0.3 is 9.64 Å². The topological polar surface area (TPSA) is 75.7 Å². The monoisotopic (exact) mass is 422 g/mol. The molecule has 0 spiro atoms. The number of hydrogen-bond acceptors (Lipinski definition) is 4. The average Bonchev–Trinajstić information content (AvgIpc) is 2.87. The molecular weight excluding hydrogens is 400 g/mol. The third-order valence-corrected chi connectivity index (χ3v) is 6.32. The molecule has 4 rings (SSSR count). The van der Waals surface area contributed by atoms with Crippen molar-refractivity contribution in [2.24, 2.45) is 0 Å². The predicted molar refractivity (Wildman–Crippen MR) is 115 cm³/mol. The highest BCUT2D eigenvalue weighted by molar-refractivity contribution is 7.92. The first-order valence-corrected chi connectivity index (χ1v) is 11.1. The van der Waals surface area contributed by atoms with E-state index in [0.717, 1.165) is 16.7 Å². The van der Waals surface area contributed by atoms with Crippen LogP contribution in [0.3, 0.4) is 0 Å². The van der Waals surface area contributed by atoms with Crippen LogP contribution in [0.1, 0.15) is 16.7 Å². The van der Waals surface area contributed by atoms with Gasteiger partial charge in [-0.3, -0.25) is 9.52 Å². The van der Waals surface area contributed by atoms with Crippen LogP contribution in [0.2, 0.25) is 0 Å². The Balaban J connectivity index is 1.57. The molecule has 0 radical (unpaired) electrons. The number of rotatable bonds is 5. The maximum Gasteiger partial charge on any atom is 0.261 e. The first-order chi connectivity index (χ1) is 14.4. The quantitative estimate of drug-likeness (QED) is 0.680. The van der Waals surface area contributed by atoms with Gasteiger partial charge in [0.2, 0.25) is 0 Å². The van der Waals surface area contributed by atoms with Crippen molar-refractivity contribution in [3.8, 4) is 5.75 Å². The van der Waals surface area contributed by atoms with Crippen LogP contribution in [0.4, 0.5) is 5.69 Å². The maximum absolute atomic E-state index is 12.7. The highest BCUT2D eigenvalue weighted by Gasteiger charge is 2.23. The van der Waals surface area contributed by atoms with E-state index < -0.39 is 10.0 Å². The highest BCUT2D eigenvalue weighted by Crippen LogP contribution is 2.28. The van der Waals surface area contributed by atoms with Crippen molar-refractivity contribution < 1.29 is 17.9 Å². The van der Waals surface area contributed by atoms with E-state index in [0.29, 0.717) is 24.5 Å². The Morgan fingerprint density at radius 2 is 1.73 bits per heavy atom. The molecule has 7 heteroatoms. The number of carbonyl (C=O) groups is 1. The van der Waals surface area contributed by atoms with Gasteiger partial charge in [0.25, 0.3) is 15.9 Å². The predicted octanol–water partition coefficient (Wildman–Crippen LogP) is 3.72. The Morgan fingerprint density at radius 3 is 2.47 bits per heavy atom. The molecule has 3 aromatic rings. The molecule has 0 atom stereocenters. The van der Waals surface area contributed by atoms with Crippen molar-refractivity contribution >= 4 is 21.6 Å². The molecule has 1 N–H and O–H groups in total. The smallest absolute Gasteiger partial charge is 0.261 e. The molecule has 0 saturated heterocycles. The van der Waals surface area contributed by atoms with Crippen molar-refractivity contribution in [1.29, 1.82) is 0 Å². The zero-order valence-corrected chi connectivity index (χ0v) is 17.4. The molecule has 0 saturated carbocycles. The number of nitrogens with zero attached hydrogens (tertiary/aromatic N) is 1. The third kappa shape index (κ3) is 4.46. The molecule has 154 valence electrons. The van der Waals surface area contributed by atoms with E-state index in [2.05, 4.69) is 4.72 Å². The summed E-state index contributed by atoms with van der Waals surface area (Å²) in [6.45, 7) is 2.65. The summed E-state index contributed by atoms with van der Waals surface area (Å²) >= 11 is 0. The number of sulfonamides is 1. The Morgan fingerprint density at radius 1 is 1.00 bits per heavy atom. The number of aryl methyl sites for hydroxylation is 1. The molecule has 1 aliphatic heterocycles. The molecule has 1 aliphatic rings. The summed E-state index contributed by atoms with van der Waals surface area (Å²) < 4.78 is 33.7. The zero-order chi connectivity index (χ0) is 21.1. The molecule has 0 aliphatic carbocycles. The van der Waals surface area contributed by atoms with E-state index in [1.54, 1.807) is 47.4 Å². The zero-order valence-electron chi connectivity index (χ0n) is 16.5. The van der Waals surface area contributed by atoms with Crippen molar-refractivity contribution in [3.05, 3.63) is 89.5 Å². The van der Waals surface area contributed by atoms with E-state index in [1.807, 2.05) is 37.3 Å². The van der Waals surface area contributed by atoms with E-state index in [4.69, 9.17) is 4.74 Å². The first-order valence-electron chi connectivity index (χ1n) is 9.58. The second-order valence-corrected chi connectivity index (χ2v) is 8.95. The second-order valence-electron chi connectivity index (χ2n) is 7.27. The van der Waals surface area contributed by atoms with E-state index in [9.17, 15) is 13.2 Å². The lowest BCUT2D eigenvalue weighted by Gasteiger charge is -2.20. The van der Waals surface area contributed by atoms with Crippen LogP contribution in [-0.2, 0) is 27.9 Å². The van der Waals surface area contributed by atoms with Crippen molar-refractivity contribution in [3.63, 3.8) is 0 Å². The van der Waals surface area contributed by atoms with Gasteiger partial charge in [0.15, 0.2) is 6.61 Å². The largest absolute Gasteiger partial charge is 0.483 e. The minimum atomic E-state index is -3.71. The van der Waals surface area contributed by atoms with Crippen LogP contribution < -0.4 is 9.46 Å². The lowest BCUT2D eigenvalue weighted by molar-refractivity contribution is -0.133. The lowest BCUT2D eigenvalue weighted by Crippen LogP contribution is -2.31. The van der Waals surface area contributed by atoms with Gasteiger partial charge in [-0.1, -0.05) is 48.0 Å².